The molecule has 0 bridgehead atoms. The molecule has 0 aliphatic heterocycles. The number of hydrogen-bond donors (Lipinski definition) is 0. The van der Waals surface area contributed by atoms with Crippen molar-refractivity contribution < 1.29 is 19.1 Å². The second kappa shape index (κ2) is 10.1. The van der Waals surface area contributed by atoms with Gasteiger partial charge in [-0.3, -0.25) is 9.59 Å². The Bertz CT molecular complexity index is 705. The lowest BCUT2D eigenvalue weighted by atomic mass is 9.91. The molecule has 1 aromatic carbocycles. The summed E-state index contributed by atoms with van der Waals surface area (Å²) in [5.41, 5.74) is -0.160. The zero-order valence-electron chi connectivity index (χ0n) is 17.3. The lowest BCUT2D eigenvalue weighted by Gasteiger charge is -2.31. The van der Waals surface area contributed by atoms with Crippen molar-refractivity contribution in [3.05, 3.63) is 29.8 Å². The van der Waals surface area contributed by atoms with Gasteiger partial charge in [0.1, 0.15) is 0 Å². The van der Waals surface area contributed by atoms with Gasteiger partial charge >= 0.3 is 5.97 Å². The highest BCUT2D eigenvalue weighted by atomic mass is 32.2. The van der Waals surface area contributed by atoms with E-state index in [2.05, 4.69) is 0 Å². The Morgan fingerprint density at radius 3 is 2.39 bits per heavy atom. The van der Waals surface area contributed by atoms with Gasteiger partial charge in [0.15, 0.2) is 12.4 Å². The lowest BCUT2D eigenvalue weighted by Crippen LogP contribution is -2.39. The summed E-state index contributed by atoms with van der Waals surface area (Å²) < 4.78 is 5.21. The molecule has 28 heavy (non-hydrogen) atoms. The molecule has 6 heteroatoms. The van der Waals surface area contributed by atoms with Crippen LogP contribution < -0.4 is 0 Å². The molecular weight excluding hydrogens is 374 g/mol. The molecule has 1 aliphatic rings. The van der Waals surface area contributed by atoms with Crippen molar-refractivity contribution in [3.8, 4) is 0 Å². The number of ketones is 1. The number of hydrogen-bond acceptors (Lipinski definition) is 5. The summed E-state index contributed by atoms with van der Waals surface area (Å²) in [4.78, 5) is 39.6. The zero-order valence-corrected chi connectivity index (χ0v) is 18.1. The fourth-order valence-electron chi connectivity index (χ4n) is 3.10. The number of benzene rings is 1. The van der Waals surface area contributed by atoms with E-state index in [4.69, 9.17) is 4.74 Å². The van der Waals surface area contributed by atoms with Crippen LogP contribution in [0.1, 0.15) is 63.2 Å². The number of esters is 1. The summed E-state index contributed by atoms with van der Waals surface area (Å²) in [5.74, 6) is -0.315. The number of carbonyl (C=O) groups is 3. The van der Waals surface area contributed by atoms with Crippen LogP contribution in [-0.2, 0) is 14.3 Å². The van der Waals surface area contributed by atoms with Gasteiger partial charge in [-0.05, 0) is 25.0 Å². The first-order valence-electron chi connectivity index (χ1n) is 9.88. The molecular formula is C22H31NO4S. The Kier molecular flexibility index (Phi) is 8.10. The average molecular weight is 406 g/mol. The van der Waals surface area contributed by atoms with Crippen molar-refractivity contribution in [2.75, 3.05) is 19.4 Å². The molecule has 0 N–H and O–H groups in total. The maximum Gasteiger partial charge on any atom is 0.339 e. The van der Waals surface area contributed by atoms with Gasteiger partial charge in [-0.15, -0.1) is 11.8 Å². The molecule has 0 heterocycles. The van der Waals surface area contributed by atoms with Gasteiger partial charge in [0.05, 0.1) is 11.3 Å². The molecule has 0 atom stereocenters. The Hall–Kier alpha value is -1.82. The van der Waals surface area contributed by atoms with Crippen LogP contribution in [0.2, 0.25) is 0 Å². The largest absolute Gasteiger partial charge is 0.454 e. The molecule has 1 amide bonds. The summed E-state index contributed by atoms with van der Waals surface area (Å²) in [6.45, 7) is 5.13. The quantitative estimate of drug-likeness (QED) is 0.499. The van der Waals surface area contributed by atoms with E-state index in [9.17, 15) is 14.4 Å². The Morgan fingerprint density at radius 2 is 1.75 bits per heavy atom. The minimum atomic E-state index is -0.551. The molecule has 0 radical (unpaired) electrons. The summed E-state index contributed by atoms with van der Waals surface area (Å²) in [7, 11) is 1.87. The van der Waals surface area contributed by atoms with Crippen LogP contribution in [0.5, 0.6) is 0 Å². The predicted molar refractivity (Wildman–Crippen MR) is 112 cm³/mol. The number of thioether (sulfide) groups is 1. The van der Waals surface area contributed by atoms with Gasteiger partial charge in [-0.1, -0.05) is 52.2 Å². The second-order valence-corrected chi connectivity index (χ2v) is 9.35. The molecule has 0 saturated heterocycles. The van der Waals surface area contributed by atoms with Crippen molar-refractivity contribution in [1.29, 1.82) is 0 Å². The van der Waals surface area contributed by atoms with Crippen LogP contribution in [0.3, 0.4) is 0 Å². The molecule has 1 saturated carbocycles. The van der Waals surface area contributed by atoms with E-state index in [1.54, 1.807) is 39.0 Å². The maximum absolute atomic E-state index is 12.6. The third-order valence-electron chi connectivity index (χ3n) is 5.14. The van der Waals surface area contributed by atoms with E-state index in [-0.39, 0.29) is 24.1 Å². The highest BCUT2D eigenvalue weighted by molar-refractivity contribution is 8.00. The van der Waals surface area contributed by atoms with Gasteiger partial charge in [0.25, 0.3) is 0 Å². The molecule has 1 aliphatic carbocycles. The predicted octanol–water partition coefficient (Wildman–Crippen LogP) is 4.34. The molecule has 154 valence electrons. The molecule has 2 rings (SSSR count). The van der Waals surface area contributed by atoms with Gasteiger partial charge in [0, 0.05) is 23.4 Å². The molecule has 0 spiro atoms. The van der Waals surface area contributed by atoms with Crippen molar-refractivity contribution >= 4 is 29.4 Å². The first-order chi connectivity index (χ1) is 13.2. The topological polar surface area (TPSA) is 63.7 Å². The molecule has 5 nitrogen and oxygen atoms in total. The van der Waals surface area contributed by atoms with E-state index in [0.717, 1.165) is 12.8 Å². The van der Waals surface area contributed by atoms with Crippen molar-refractivity contribution in [1.82, 2.24) is 4.90 Å². The first-order valence-corrected chi connectivity index (χ1v) is 10.9. The van der Waals surface area contributed by atoms with Crippen LogP contribution in [-0.4, -0.2) is 48.0 Å². The molecule has 1 fully saturated rings. The summed E-state index contributed by atoms with van der Waals surface area (Å²) in [6.07, 6.45) is 5.74. The molecule has 1 aromatic rings. The fraction of sp³-hybridized carbons (Fsp3) is 0.591. The lowest BCUT2D eigenvalue weighted by molar-refractivity contribution is -0.130. The van der Waals surface area contributed by atoms with Crippen LogP contribution in [0.4, 0.5) is 0 Å². The first kappa shape index (κ1) is 22.5. The number of amides is 1. The van der Waals surface area contributed by atoms with E-state index < -0.39 is 11.4 Å². The van der Waals surface area contributed by atoms with Crippen LogP contribution in [0, 0.1) is 5.41 Å². The highest BCUT2D eigenvalue weighted by Crippen LogP contribution is 2.26. The van der Waals surface area contributed by atoms with Gasteiger partial charge < -0.3 is 9.64 Å². The van der Waals surface area contributed by atoms with Crippen molar-refractivity contribution in [2.45, 2.75) is 63.8 Å². The van der Waals surface area contributed by atoms with E-state index >= 15 is 0 Å². The van der Waals surface area contributed by atoms with Gasteiger partial charge in [0.2, 0.25) is 5.91 Å². The minimum absolute atomic E-state index is 0.0722. The minimum Gasteiger partial charge on any atom is -0.454 e. The summed E-state index contributed by atoms with van der Waals surface area (Å²) >= 11 is 1.34. The van der Waals surface area contributed by atoms with E-state index in [0.29, 0.717) is 16.5 Å². The standard InChI is InChI=1S/C22H31NO4S/c1-22(2,3)19(24)14-27-21(26)17-12-8-9-13-18(17)28-15-20(25)23(4)16-10-6-5-7-11-16/h8-9,12-13,16H,5-7,10-11,14-15H2,1-4H3. The zero-order chi connectivity index (χ0) is 20.7. The monoisotopic (exact) mass is 405 g/mol. The fourth-order valence-corrected chi connectivity index (χ4v) is 4.06. The molecule has 0 aromatic heterocycles. The number of Topliss-reactive ketones (excluding diaryl/α,β-unsaturated/α-hetero) is 1. The average Bonchev–Trinajstić information content (AvgIpc) is 2.69. The second-order valence-electron chi connectivity index (χ2n) is 8.33. The maximum atomic E-state index is 12.6. The normalized spacial score (nSPS) is 15.1. The Balaban J connectivity index is 1.94. The number of carbonyl (C=O) groups excluding carboxylic acids is 3. The van der Waals surface area contributed by atoms with Crippen molar-refractivity contribution in [3.63, 3.8) is 0 Å². The van der Waals surface area contributed by atoms with Crippen LogP contribution in [0.25, 0.3) is 0 Å². The number of rotatable bonds is 7. The van der Waals surface area contributed by atoms with E-state index in [1.807, 2.05) is 18.0 Å². The highest BCUT2D eigenvalue weighted by Gasteiger charge is 2.25. The van der Waals surface area contributed by atoms with E-state index in [1.165, 1.54) is 31.0 Å². The van der Waals surface area contributed by atoms with Crippen LogP contribution >= 0.6 is 11.8 Å². The summed E-state index contributed by atoms with van der Waals surface area (Å²) in [5, 5.41) is 0. The van der Waals surface area contributed by atoms with Crippen LogP contribution in [0.15, 0.2) is 29.2 Å². The van der Waals surface area contributed by atoms with Gasteiger partial charge in [-0.2, -0.15) is 0 Å². The summed E-state index contributed by atoms with van der Waals surface area (Å²) in [6, 6.07) is 7.38. The third-order valence-corrected chi connectivity index (χ3v) is 6.20. The smallest absolute Gasteiger partial charge is 0.339 e. The Morgan fingerprint density at radius 1 is 1.11 bits per heavy atom. The number of nitrogens with zero attached hydrogens (tertiary/aromatic N) is 1. The number of ether oxygens (including phenoxy) is 1. The third kappa shape index (κ3) is 6.36. The SMILES string of the molecule is CN(C(=O)CSc1ccccc1C(=O)OCC(=O)C(C)(C)C)C1CCCCC1. The van der Waals surface area contributed by atoms with Crippen molar-refractivity contribution in [2.24, 2.45) is 5.41 Å². The van der Waals surface area contributed by atoms with Gasteiger partial charge in [-0.25, -0.2) is 4.79 Å². The Labute approximate surface area is 172 Å². The molecule has 0 unspecified atom stereocenters.